The number of hydrogen-bond donors (Lipinski definition) is 2. The van der Waals surface area contributed by atoms with Crippen LogP contribution in [0.2, 0.25) is 0 Å². The minimum Gasteiger partial charge on any atom is -0.393 e. The van der Waals surface area contributed by atoms with Crippen molar-refractivity contribution in [2.24, 2.45) is 0 Å². The van der Waals surface area contributed by atoms with Crippen LogP contribution in [0, 0.1) is 22.9 Å². The monoisotopic (exact) mass is 320 g/mol. The Labute approximate surface area is 122 Å². The Balaban J connectivity index is 3.01. The van der Waals surface area contributed by atoms with E-state index in [-0.39, 0.29) is 23.4 Å². The lowest BCUT2D eigenvalue weighted by Crippen LogP contribution is -2.27. The van der Waals surface area contributed by atoms with Crippen molar-refractivity contribution in [2.75, 3.05) is 6.54 Å². The fourth-order valence-corrected chi connectivity index (χ4v) is 2.81. The number of sulfonamides is 1. The summed E-state index contributed by atoms with van der Waals surface area (Å²) in [7, 11) is -3.99. The zero-order valence-corrected chi connectivity index (χ0v) is 12.5. The molecule has 2 N–H and O–H groups in total. The molecule has 0 amide bonds. The molecule has 0 aromatic heterocycles. The van der Waals surface area contributed by atoms with Crippen molar-refractivity contribution in [1.82, 2.24) is 4.72 Å². The average Bonchev–Trinajstić information content (AvgIpc) is 2.40. The van der Waals surface area contributed by atoms with E-state index in [9.17, 15) is 28.0 Å². The van der Waals surface area contributed by atoms with E-state index in [1.54, 1.807) is 6.92 Å². The predicted molar refractivity (Wildman–Crippen MR) is 73.9 cm³/mol. The van der Waals surface area contributed by atoms with Crippen molar-refractivity contribution in [3.63, 3.8) is 0 Å². The molecule has 0 bridgehead atoms. The summed E-state index contributed by atoms with van der Waals surface area (Å²) in [6, 6.07) is 1.71. The van der Waals surface area contributed by atoms with Crippen molar-refractivity contribution >= 4 is 15.7 Å². The Hall–Kier alpha value is -1.58. The molecular formula is C12H17FN2O5S. The number of nitrogens with zero attached hydrogens (tertiary/aromatic N) is 1. The van der Waals surface area contributed by atoms with Crippen molar-refractivity contribution < 1.29 is 22.8 Å². The van der Waals surface area contributed by atoms with E-state index in [1.807, 2.05) is 0 Å². The number of benzene rings is 1. The highest BCUT2D eigenvalue weighted by atomic mass is 32.2. The van der Waals surface area contributed by atoms with Gasteiger partial charge in [0.25, 0.3) is 0 Å². The maximum absolute atomic E-state index is 13.5. The summed E-state index contributed by atoms with van der Waals surface area (Å²) in [6.07, 6.45) is 0.0814. The van der Waals surface area contributed by atoms with Crippen molar-refractivity contribution in [1.29, 1.82) is 0 Å². The first-order valence-electron chi connectivity index (χ1n) is 6.31. The van der Waals surface area contributed by atoms with Gasteiger partial charge in [-0.15, -0.1) is 0 Å². The number of rotatable bonds is 7. The molecule has 0 aliphatic heterocycles. The SMILES string of the molecule is CCC(O)CCNS(=O)(=O)c1cc(C)c(F)c([N+](=O)[O-])c1. The van der Waals surface area contributed by atoms with Crippen molar-refractivity contribution in [2.45, 2.75) is 37.7 Å². The van der Waals surface area contributed by atoms with Gasteiger partial charge in [0.15, 0.2) is 0 Å². The van der Waals surface area contributed by atoms with Crippen LogP contribution < -0.4 is 4.72 Å². The van der Waals surface area contributed by atoms with Crippen LogP contribution in [-0.4, -0.2) is 31.1 Å². The number of aliphatic hydroxyl groups excluding tert-OH is 1. The number of halogens is 1. The zero-order valence-electron chi connectivity index (χ0n) is 11.7. The van der Waals surface area contributed by atoms with E-state index in [4.69, 9.17) is 0 Å². The largest absolute Gasteiger partial charge is 0.393 e. The van der Waals surface area contributed by atoms with E-state index < -0.39 is 32.6 Å². The molecule has 1 aromatic carbocycles. The van der Waals surface area contributed by atoms with Crippen molar-refractivity contribution in [3.8, 4) is 0 Å². The molecule has 0 spiro atoms. The number of hydrogen-bond acceptors (Lipinski definition) is 5. The minimum absolute atomic E-state index is 0.0123. The van der Waals surface area contributed by atoms with Gasteiger partial charge in [0.1, 0.15) is 0 Å². The topological polar surface area (TPSA) is 110 Å². The summed E-state index contributed by atoms with van der Waals surface area (Å²) in [4.78, 5) is 9.37. The second-order valence-corrected chi connectivity index (χ2v) is 6.35. The van der Waals surface area contributed by atoms with Crippen LogP contribution in [0.3, 0.4) is 0 Å². The lowest BCUT2D eigenvalue weighted by atomic mass is 10.2. The van der Waals surface area contributed by atoms with Gasteiger partial charge in [-0.2, -0.15) is 4.39 Å². The summed E-state index contributed by atoms with van der Waals surface area (Å²) >= 11 is 0. The summed E-state index contributed by atoms with van der Waals surface area (Å²) in [5.74, 6) is -1.06. The molecule has 0 saturated heterocycles. The van der Waals surface area contributed by atoms with Gasteiger partial charge in [-0.3, -0.25) is 10.1 Å². The summed E-state index contributed by atoms with van der Waals surface area (Å²) in [6.45, 7) is 3.00. The van der Waals surface area contributed by atoms with Crippen LogP contribution in [-0.2, 0) is 10.0 Å². The fourth-order valence-electron chi connectivity index (χ4n) is 1.65. The molecule has 1 rings (SSSR count). The Morgan fingerprint density at radius 2 is 2.10 bits per heavy atom. The molecule has 118 valence electrons. The smallest absolute Gasteiger partial charge is 0.306 e. The molecule has 0 aliphatic carbocycles. The van der Waals surface area contributed by atoms with Gasteiger partial charge >= 0.3 is 5.69 Å². The predicted octanol–water partition coefficient (Wildman–Crippen LogP) is 1.48. The quantitative estimate of drug-likeness (QED) is 0.584. The molecule has 1 atom stereocenters. The molecule has 9 heteroatoms. The molecule has 0 heterocycles. The van der Waals surface area contributed by atoms with Crippen LogP contribution in [0.15, 0.2) is 17.0 Å². The summed E-state index contributed by atoms with van der Waals surface area (Å²) in [5, 5.41) is 20.1. The Bertz CT molecular complexity index is 633. The first-order chi connectivity index (χ1) is 9.69. The third-order valence-electron chi connectivity index (χ3n) is 2.96. The van der Waals surface area contributed by atoms with Gasteiger partial charge in [-0.05, 0) is 31.4 Å². The Morgan fingerprint density at radius 3 is 2.62 bits per heavy atom. The van der Waals surface area contributed by atoms with Gasteiger partial charge < -0.3 is 5.11 Å². The molecule has 7 nitrogen and oxygen atoms in total. The highest BCUT2D eigenvalue weighted by Gasteiger charge is 2.23. The summed E-state index contributed by atoms with van der Waals surface area (Å²) < 4.78 is 39.8. The lowest BCUT2D eigenvalue weighted by molar-refractivity contribution is -0.387. The van der Waals surface area contributed by atoms with Crippen LogP contribution >= 0.6 is 0 Å². The molecule has 1 aromatic rings. The normalized spacial score (nSPS) is 13.1. The van der Waals surface area contributed by atoms with Gasteiger partial charge in [0, 0.05) is 12.6 Å². The average molecular weight is 320 g/mol. The summed E-state index contributed by atoms with van der Waals surface area (Å²) in [5.41, 5.74) is -1.01. The Morgan fingerprint density at radius 1 is 1.48 bits per heavy atom. The van der Waals surface area contributed by atoms with Gasteiger partial charge in [-0.25, -0.2) is 13.1 Å². The van der Waals surface area contributed by atoms with Crippen LogP contribution in [0.4, 0.5) is 10.1 Å². The second kappa shape index (κ2) is 6.92. The molecule has 0 aliphatic rings. The molecule has 0 saturated carbocycles. The minimum atomic E-state index is -3.99. The van der Waals surface area contributed by atoms with E-state index in [2.05, 4.69) is 4.72 Å². The molecule has 1 unspecified atom stereocenters. The van der Waals surface area contributed by atoms with Crippen LogP contribution in [0.1, 0.15) is 25.3 Å². The number of aryl methyl sites for hydroxylation is 1. The standard InChI is InChI=1S/C12H17FN2O5S/c1-3-9(16)4-5-14-21(19,20)10-6-8(2)12(13)11(7-10)15(17)18/h6-7,9,14,16H,3-5H2,1-2H3. The highest BCUT2D eigenvalue weighted by molar-refractivity contribution is 7.89. The van der Waals surface area contributed by atoms with Crippen LogP contribution in [0.25, 0.3) is 0 Å². The second-order valence-electron chi connectivity index (χ2n) is 4.58. The molecule has 21 heavy (non-hydrogen) atoms. The molecular weight excluding hydrogens is 303 g/mol. The number of nitro groups is 1. The van der Waals surface area contributed by atoms with E-state index in [0.717, 1.165) is 6.07 Å². The molecule has 0 fully saturated rings. The molecule has 0 radical (unpaired) electrons. The fraction of sp³-hybridized carbons (Fsp3) is 0.500. The third kappa shape index (κ3) is 4.45. The van der Waals surface area contributed by atoms with E-state index in [0.29, 0.717) is 12.5 Å². The van der Waals surface area contributed by atoms with Gasteiger partial charge in [0.2, 0.25) is 15.8 Å². The first-order valence-corrected chi connectivity index (χ1v) is 7.79. The van der Waals surface area contributed by atoms with Crippen molar-refractivity contribution in [3.05, 3.63) is 33.6 Å². The maximum atomic E-state index is 13.5. The number of aliphatic hydroxyl groups is 1. The Kier molecular flexibility index (Phi) is 5.76. The van der Waals surface area contributed by atoms with Gasteiger partial charge in [0.05, 0.1) is 15.9 Å². The zero-order chi connectivity index (χ0) is 16.2. The third-order valence-corrected chi connectivity index (χ3v) is 4.40. The first kappa shape index (κ1) is 17.5. The van der Waals surface area contributed by atoms with E-state index >= 15 is 0 Å². The van der Waals surface area contributed by atoms with Crippen LogP contribution in [0.5, 0.6) is 0 Å². The van der Waals surface area contributed by atoms with Gasteiger partial charge in [-0.1, -0.05) is 6.92 Å². The van der Waals surface area contributed by atoms with E-state index in [1.165, 1.54) is 6.92 Å². The number of nitro benzene ring substituents is 1. The lowest BCUT2D eigenvalue weighted by Gasteiger charge is -2.10. The number of nitrogens with one attached hydrogen (secondary N) is 1. The maximum Gasteiger partial charge on any atom is 0.306 e. The highest BCUT2D eigenvalue weighted by Crippen LogP contribution is 2.24.